The van der Waals surface area contributed by atoms with Gasteiger partial charge in [-0.15, -0.1) is 0 Å². The minimum atomic E-state index is -0.406. The molecule has 5 aromatic heterocycles. The number of fused-ring (bicyclic) bond motifs is 5. The van der Waals surface area contributed by atoms with E-state index in [9.17, 15) is 65.5 Å². The number of amides is 10. The Labute approximate surface area is 834 Å². The zero-order valence-corrected chi connectivity index (χ0v) is 84.3. The topological polar surface area (TPSA) is 395 Å². The molecule has 0 spiro atoms. The Hall–Kier alpha value is -14.3. The fourth-order valence-electron chi connectivity index (χ4n) is 18.8. The molecule has 16 N–H and O–H groups in total. The summed E-state index contributed by atoms with van der Waals surface area (Å²) >= 11 is 6.11. The Morgan fingerprint density at radius 1 is 0.329 bits per heavy atom. The number of aryl methyl sites for hydroxylation is 5. The summed E-state index contributed by atoms with van der Waals surface area (Å²) in [5.41, 5.74) is 21.9. The van der Waals surface area contributed by atoms with E-state index < -0.39 is 23.3 Å². The van der Waals surface area contributed by atoms with Gasteiger partial charge in [0.2, 0.25) is 0 Å². The normalized spacial score (nSPS) is 15.7. The summed E-state index contributed by atoms with van der Waals surface area (Å²) in [5.74, 6) is -3.60. The van der Waals surface area contributed by atoms with Gasteiger partial charge in [-0.1, -0.05) is 46.2 Å². The Balaban J connectivity index is 0.000000150. The van der Waals surface area contributed by atoms with Crippen LogP contribution in [0.1, 0.15) is 225 Å². The quantitative estimate of drug-likeness (QED) is 0.0113. The Morgan fingerprint density at radius 2 is 0.559 bits per heavy atom. The van der Waals surface area contributed by atoms with E-state index in [4.69, 9.17) is 11.6 Å². The number of likely N-dealkylation sites (N-methyl/N-ethyl adjacent to an activating group) is 3. The molecule has 5 aromatic carbocycles. The van der Waals surface area contributed by atoms with Gasteiger partial charge in [0.05, 0.1) is 55.7 Å². The van der Waals surface area contributed by atoms with E-state index in [0.29, 0.717) is 168 Å². The van der Waals surface area contributed by atoms with Crippen LogP contribution in [0.15, 0.2) is 91.0 Å². The maximum Gasteiger partial charge on any atom is 0.256 e. The molecular weight excluding hydrogens is 1850 g/mol. The number of likely N-dealkylation sites (tertiary alicyclic amines) is 2. The van der Waals surface area contributed by atoms with Gasteiger partial charge in [0, 0.05) is 184 Å². The second-order valence-electron chi connectivity index (χ2n) is 36.1. The average Bonchev–Trinajstić information content (AvgIpc) is 1.65. The predicted molar refractivity (Wildman–Crippen MR) is 558 cm³/mol. The highest BCUT2D eigenvalue weighted by Gasteiger charge is 2.34. The average molecular weight is 1980 g/mol. The van der Waals surface area contributed by atoms with Crippen molar-refractivity contribution in [2.24, 2.45) is 0 Å². The number of aromatic amines is 5. The van der Waals surface area contributed by atoms with E-state index in [1.54, 1.807) is 72.8 Å². The second kappa shape index (κ2) is 48.0. The largest absolute Gasteiger partial charge is 0.358 e. The number of carbonyl (C=O) groups excluding carboxylic acids is 10. The zero-order valence-electron chi connectivity index (χ0n) is 83.6. The highest BCUT2D eigenvalue weighted by Crippen LogP contribution is 2.41. The van der Waals surface area contributed by atoms with Gasteiger partial charge in [-0.05, 0) is 303 Å². The molecule has 0 aliphatic carbocycles. The van der Waals surface area contributed by atoms with Gasteiger partial charge in [0.15, 0.2) is 0 Å². The molecule has 0 radical (unpaired) electrons. The molecule has 12 heterocycles. The first-order valence-electron chi connectivity index (χ1n) is 48.6. The third-order valence-electron chi connectivity index (χ3n) is 26.7. The first-order chi connectivity index (χ1) is 68.5. The van der Waals surface area contributed by atoms with E-state index >= 15 is 0 Å². The number of hydrogen-bond acceptors (Lipinski definition) is 15. The first kappa shape index (κ1) is 106. The fourth-order valence-corrected chi connectivity index (χ4v) is 19.0. The number of benzene rings is 5. The van der Waals surface area contributed by atoms with Crippen molar-refractivity contribution in [3.63, 3.8) is 0 Å². The Morgan fingerprint density at radius 3 is 0.804 bits per heavy atom. The van der Waals surface area contributed by atoms with Crippen LogP contribution < -0.4 is 58.5 Å². The van der Waals surface area contributed by atoms with Gasteiger partial charge < -0.3 is 103 Å². The van der Waals surface area contributed by atoms with Gasteiger partial charge in [-0.25, -0.2) is 17.6 Å². The molecule has 2 saturated heterocycles. The first-order valence-corrected chi connectivity index (χ1v) is 49.0. The standard InChI is InChI=1S/C22H25ClN4O2.C22H25FN4O2.2C22H27FN4O2.C20H23FN4O2/c2*1-13-19(12-17-16-11-15(23)5-6-18(16)26-21(17)28)25-14(2)20(13)22(29)24-7-10-27-8-3-4-9-27;2*1-5-27(6-2)10-9-24-22(29)20-13(3)19(25-14(20)4)12-17-16-11-15(23)7-8-18(16)26-21(17)28;1-4-22-7-8-23-20(27)18-11(2)17(24-12(18)3)10-15-14-9-13(21)5-6-16(14)25-19(15)26/h2*5-6,11-12,25H,3-4,7-10H2,1-2H3,(H,24,29)(H,26,28);2*7-8,11-12,25H,5-6,9-10H2,1-4H3,(H,24,29)(H,26,28);5-6,9-10,22,24H,4,7-8H2,1-3H3,(H,23,27)(H,25,26)/b4*17-12-;15-10-. The Kier molecular flexibility index (Phi) is 35.6. The van der Waals surface area contributed by atoms with Crippen molar-refractivity contribution >= 4 is 157 Å². The molecule has 10 amide bonds. The van der Waals surface area contributed by atoms with Crippen LogP contribution in [0.2, 0.25) is 5.02 Å². The van der Waals surface area contributed by atoms with E-state index in [0.717, 1.165) is 158 Å². The van der Waals surface area contributed by atoms with Crippen LogP contribution in [0.3, 0.4) is 0 Å². The number of anilines is 5. The lowest BCUT2D eigenvalue weighted by atomic mass is 10.0. The Bertz CT molecular complexity index is 6110. The van der Waals surface area contributed by atoms with Crippen molar-refractivity contribution in [2.75, 3.05) is 151 Å². The second-order valence-corrected chi connectivity index (χ2v) is 36.5. The van der Waals surface area contributed by atoms with Crippen LogP contribution in [-0.4, -0.2) is 228 Å². The third kappa shape index (κ3) is 25.3. The molecule has 754 valence electrons. The lowest BCUT2D eigenvalue weighted by Gasteiger charge is -2.18. The SMILES string of the molecule is CCN(CC)CCNC(=O)c1c(C)[nH]c(/C=C2\C(=O)Nc3ccc(F)cc32)c1C.CCN(CC)CCNC(=O)c1c(C)[nH]c(/C=C2\C(=O)Nc3ccc(F)cc32)c1C.CCNCCNC(=O)c1c(C)[nH]c(/C=C2\C(=O)Nc3ccc(F)cc32)c1C.Cc1[nH]c(/C=C2\C(=O)Nc3ccc(Cl)cc32)c(C)c1C(=O)NCCN1CCCC1.Cc1[nH]c(/C=C2\C(=O)Nc3ccc(F)cc32)c(C)c1C(=O)NCCN1CCCC1. The van der Waals surface area contributed by atoms with Crippen LogP contribution in [0.5, 0.6) is 0 Å². The summed E-state index contributed by atoms with van der Waals surface area (Å²) in [4.78, 5) is 150. The third-order valence-corrected chi connectivity index (χ3v) is 26.9. The van der Waals surface area contributed by atoms with Gasteiger partial charge in [0.25, 0.3) is 59.1 Å². The van der Waals surface area contributed by atoms with E-state index in [1.165, 1.54) is 74.2 Å². The molecular formula is C108H127ClF4N20O10. The molecule has 17 rings (SSSR count). The van der Waals surface area contributed by atoms with Crippen LogP contribution in [0, 0.1) is 92.5 Å². The maximum atomic E-state index is 13.7. The van der Waals surface area contributed by atoms with E-state index in [-0.39, 0.29) is 59.1 Å². The van der Waals surface area contributed by atoms with E-state index in [2.05, 4.69) is 131 Å². The van der Waals surface area contributed by atoms with Crippen molar-refractivity contribution in [3.05, 3.63) is 260 Å². The van der Waals surface area contributed by atoms with Crippen molar-refractivity contribution < 1.29 is 65.5 Å². The van der Waals surface area contributed by atoms with Crippen molar-refractivity contribution in [2.45, 2.75) is 130 Å². The molecule has 7 aliphatic heterocycles. The van der Waals surface area contributed by atoms with Gasteiger partial charge in [0.1, 0.15) is 23.3 Å². The maximum absolute atomic E-state index is 13.7. The number of nitrogens with zero attached hydrogens (tertiary/aromatic N) is 4. The van der Waals surface area contributed by atoms with E-state index in [1.807, 2.05) is 76.2 Å². The minimum absolute atomic E-state index is 0.0839. The summed E-state index contributed by atoms with van der Waals surface area (Å²) in [6.07, 6.45) is 13.4. The fraction of sp³-hybridized carbons (Fsp3) is 0.352. The number of hydrogen-bond donors (Lipinski definition) is 16. The molecule has 0 unspecified atom stereocenters. The molecule has 35 heteroatoms. The highest BCUT2D eigenvalue weighted by atomic mass is 35.5. The van der Waals surface area contributed by atoms with Crippen molar-refractivity contribution in [1.29, 1.82) is 0 Å². The summed E-state index contributed by atoms with van der Waals surface area (Å²) in [5, 5.41) is 32.4. The minimum Gasteiger partial charge on any atom is -0.358 e. The van der Waals surface area contributed by atoms with Crippen LogP contribution in [0.4, 0.5) is 46.0 Å². The van der Waals surface area contributed by atoms with Crippen LogP contribution in [-0.2, 0) is 24.0 Å². The number of rotatable bonds is 30. The molecule has 7 aliphatic rings. The van der Waals surface area contributed by atoms with Crippen LogP contribution in [0.25, 0.3) is 58.2 Å². The van der Waals surface area contributed by atoms with Gasteiger partial charge in [-0.3, -0.25) is 47.9 Å². The lowest BCUT2D eigenvalue weighted by Crippen LogP contribution is -2.35. The molecule has 30 nitrogen and oxygen atoms in total. The van der Waals surface area contributed by atoms with Gasteiger partial charge >= 0.3 is 0 Å². The summed E-state index contributed by atoms with van der Waals surface area (Å²) < 4.78 is 54.6. The number of halogens is 5. The van der Waals surface area contributed by atoms with Crippen molar-refractivity contribution in [3.8, 4) is 0 Å². The summed E-state index contributed by atoms with van der Waals surface area (Å²) in [6.45, 7) is 44.8. The molecule has 10 aromatic rings. The lowest BCUT2D eigenvalue weighted by molar-refractivity contribution is -0.111. The summed E-state index contributed by atoms with van der Waals surface area (Å²) in [6, 6.07) is 22.1. The number of aromatic nitrogens is 5. The summed E-state index contributed by atoms with van der Waals surface area (Å²) in [7, 11) is 0. The highest BCUT2D eigenvalue weighted by molar-refractivity contribution is 6.39. The molecule has 0 saturated carbocycles. The van der Waals surface area contributed by atoms with Crippen LogP contribution >= 0.6 is 11.6 Å². The number of H-pyrrole nitrogens is 5. The molecule has 0 bridgehead atoms. The zero-order chi connectivity index (χ0) is 103. The van der Waals surface area contributed by atoms with Gasteiger partial charge in [-0.2, -0.15) is 0 Å². The molecule has 2 fully saturated rings. The molecule has 0 atom stereocenters. The predicted octanol–water partition coefficient (Wildman–Crippen LogP) is 16.0. The number of nitrogens with one attached hydrogen (secondary N) is 16. The smallest absolute Gasteiger partial charge is 0.256 e. The van der Waals surface area contributed by atoms with Crippen molar-refractivity contribution in [1.82, 2.24) is 76.4 Å². The monoisotopic (exact) mass is 1970 g/mol. The number of carbonyl (C=O) groups is 10. The molecule has 143 heavy (non-hydrogen) atoms.